The Morgan fingerprint density at radius 1 is 1.35 bits per heavy atom. The first-order valence-corrected chi connectivity index (χ1v) is 7.76. The summed E-state index contributed by atoms with van der Waals surface area (Å²) in [6.07, 6.45) is 1.61. The Labute approximate surface area is 142 Å². The molecule has 120 valence electrons. The third kappa shape index (κ3) is 3.59. The van der Waals surface area contributed by atoms with Gasteiger partial charge in [-0.3, -0.25) is 9.69 Å². The molecule has 1 fully saturated rings. The molecule has 0 unspecified atom stereocenters. The Bertz CT molecular complexity index is 711. The number of carbonyl (C=O) groups is 3. The maximum atomic E-state index is 12.4. The van der Waals surface area contributed by atoms with Gasteiger partial charge in [0, 0.05) is 0 Å². The van der Waals surface area contributed by atoms with Crippen molar-refractivity contribution in [3.05, 3.63) is 40.3 Å². The molecule has 1 atom stereocenters. The number of methoxy groups -OCH3 is 1. The number of thiocarbonyl (C=S) groups is 1. The summed E-state index contributed by atoms with van der Waals surface area (Å²) in [5.41, 5.74) is 0.829. The van der Waals surface area contributed by atoms with Gasteiger partial charge < -0.3 is 9.84 Å². The van der Waals surface area contributed by atoms with Crippen molar-refractivity contribution in [1.29, 1.82) is 0 Å². The number of thioether (sulfide) groups is 1. The Balaban J connectivity index is 2.24. The highest BCUT2D eigenvalue weighted by atomic mass is 32.2. The normalized spacial score (nSPS) is 17.5. The van der Waals surface area contributed by atoms with E-state index < -0.39 is 18.0 Å². The lowest BCUT2D eigenvalue weighted by molar-refractivity contribution is -0.147. The second-order valence-corrected chi connectivity index (χ2v) is 6.35. The third-order valence-corrected chi connectivity index (χ3v) is 4.54. The number of ether oxygens (including phenoxy) is 1. The Morgan fingerprint density at radius 3 is 2.48 bits per heavy atom. The second kappa shape index (κ2) is 6.93. The summed E-state index contributed by atoms with van der Waals surface area (Å²) in [6, 6.07) is 5.30. The van der Waals surface area contributed by atoms with E-state index in [0.717, 1.165) is 11.8 Å². The minimum absolute atomic E-state index is 0.161. The van der Waals surface area contributed by atoms with Crippen molar-refractivity contribution in [1.82, 2.24) is 4.90 Å². The van der Waals surface area contributed by atoms with E-state index in [9.17, 15) is 14.4 Å². The summed E-state index contributed by atoms with van der Waals surface area (Å²) in [7, 11) is 1.25. The van der Waals surface area contributed by atoms with Crippen LogP contribution in [0, 0.1) is 0 Å². The van der Waals surface area contributed by atoms with Gasteiger partial charge in [-0.25, -0.2) is 9.59 Å². The van der Waals surface area contributed by atoms with Crippen LogP contribution in [0.5, 0.6) is 0 Å². The first-order chi connectivity index (χ1) is 10.8. The molecule has 1 aromatic rings. The molecule has 1 aliphatic heterocycles. The molecule has 1 aromatic carbocycles. The molecule has 0 saturated carbocycles. The lowest BCUT2D eigenvalue weighted by Gasteiger charge is -2.20. The van der Waals surface area contributed by atoms with Crippen LogP contribution < -0.4 is 0 Å². The molecule has 1 aliphatic rings. The molecular weight excluding hydrogens is 338 g/mol. The number of nitrogens with zero attached hydrogens (tertiary/aromatic N) is 1. The number of amides is 1. The van der Waals surface area contributed by atoms with Crippen molar-refractivity contribution in [3.63, 3.8) is 0 Å². The monoisotopic (exact) mass is 351 g/mol. The second-order valence-electron chi connectivity index (χ2n) is 4.68. The molecule has 23 heavy (non-hydrogen) atoms. The highest BCUT2D eigenvalue weighted by molar-refractivity contribution is 8.26. The zero-order valence-corrected chi connectivity index (χ0v) is 13.9. The average molecular weight is 351 g/mol. The average Bonchev–Trinajstić information content (AvgIpc) is 2.80. The number of hydrogen-bond donors (Lipinski definition) is 1. The van der Waals surface area contributed by atoms with Gasteiger partial charge in [-0.05, 0) is 30.7 Å². The fourth-order valence-corrected chi connectivity index (χ4v) is 3.38. The van der Waals surface area contributed by atoms with Crippen molar-refractivity contribution < 1.29 is 24.2 Å². The summed E-state index contributed by atoms with van der Waals surface area (Å²) < 4.78 is 4.91. The molecule has 0 aromatic heterocycles. The highest BCUT2D eigenvalue weighted by Crippen LogP contribution is 2.34. The van der Waals surface area contributed by atoms with E-state index in [-0.39, 0.29) is 15.8 Å². The predicted molar refractivity (Wildman–Crippen MR) is 89.9 cm³/mol. The number of rotatable bonds is 4. The van der Waals surface area contributed by atoms with Gasteiger partial charge in [-0.2, -0.15) is 0 Å². The molecule has 1 N–H and O–H groups in total. The highest BCUT2D eigenvalue weighted by Gasteiger charge is 2.38. The predicted octanol–water partition coefficient (Wildman–Crippen LogP) is 2.15. The number of carboxylic acids is 1. The maximum Gasteiger partial charge on any atom is 0.335 e. The standard InChI is InChI=1S/C15H13NO5S2/c1-8(14(20)21-2)16-12(17)11(23-15(16)22)7-9-3-5-10(6-4-9)13(18)19/h3-8H,1-2H3,(H,18,19)/b11-7-/t8-/m0/s1. The van der Waals surface area contributed by atoms with Gasteiger partial charge >= 0.3 is 11.9 Å². The number of hydrogen-bond acceptors (Lipinski definition) is 6. The van der Waals surface area contributed by atoms with Gasteiger partial charge in [-0.15, -0.1) is 0 Å². The Morgan fingerprint density at radius 2 is 1.96 bits per heavy atom. The van der Waals surface area contributed by atoms with E-state index >= 15 is 0 Å². The number of aromatic carboxylic acids is 1. The van der Waals surface area contributed by atoms with Gasteiger partial charge in [0.25, 0.3) is 5.91 Å². The zero-order chi connectivity index (χ0) is 17.1. The summed E-state index contributed by atoms with van der Waals surface area (Å²) >= 11 is 6.24. The van der Waals surface area contributed by atoms with Gasteiger partial charge in [0.05, 0.1) is 17.6 Å². The summed E-state index contributed by atoms with van der Waals surface area (Å²) in [5.74, 6) is -1.94. The first kappa shape index (κ1) is 17.2. The van der Waals surface area contributed by atoms with Gasteiger partial charge in [0.1, 0.15) is 10.4 Å². The molecule has 0 aliphatic carbocycles. The van der Waals surface area contributed by atoms with Crippen LogP contribution in [0.3, 0.4) is 0 Å². The van der Waals surface area contributed by atoms with E-state index in [1.54, 1.807) is 25.1 Å². The number of benzene rings is 1. The molecule has 8 heteroatoms. The lowest BCUT2D eigenvalue weighted by Crippen LogP contribution is -2.42. The van der Waals surface area contributed by atoms with Crippen LogP contribution in [0.2, 0.25) is 0 Å². The number of carbonyl (C=O) groups excluding carboxylic acids is 2. The smallest absolute Gasteiger partial charge is 0.335 e. The topological polar surface area (TPSA) is 83.9 Å². The van der Waals surface area contributed by atoms with Crippen molar-refractivity contribution in [2.75, 3.05) is 7.11 Å². The van der Waals surface area contributed by atoms with Crippen LogP contribution in [0.15, 0.2) is 29.2 Å². The molecular formula is C15H13NO5S2. The van der Waals surface area contributed by atoms with Crippen LogP contribution in [0.1, 0.15) is 22.8 Å². The van der Waals surface area contributed by atoms with Gasteiger partial charge in [-0.1, -0.05) is 36.1 Å². The lowest BCUT2D eigenvalue weighted by atomic mass is 10.1. The van der Waals surface area contributed by atoms with E-state index in [1.807, 2.05) is 0 Å². The number of esters is 1. The molecule has 6 nitrogen and oxygen atoms in total. The molecule has 1 amide bonds. The van der Waals surface area contributed by atoms with Crippen molar-refractivity contribution in [2.45, 2.75) is 13.0 Å². The Kier molecular flexibility index (Phi) is 5.17. The Hall–Kier alpha value is -2.19. The van der Waals surface area contributed by atoms with Crippen LogP contribution in [-0.2, 0) is 14.3 Å². The fraction of sp³-hybridized carbons (Fsp3) is 0.200. The van der Waals surface area contributed by atoms with Gasteiger partial charge in [0.15, 0.2) is 0 Å². The van der Waals surface area contributed by atoms with Crippen molar-refractivity contribution in [3.8, 4) is 0 Å². The largest absolute Gasteiger partial charge is 0.478 e. The van der Waals surface area contributed by atoms with E-state index in [2.05, 4.69) is 4.74 Å². The summed E-state index contributed by atoms with van der Waals surface area (Å²) in [6.45, 7) is 1.54. The SMILES string of the molecule is COC(=O)[C@H](C)N1C(=O)/C(=C/c2ccc(C(=O)O)cc2)SC1=S. The third-order valence-electron chi connectivity index (χ3n) is 3.21. The van der Waals surface area contributed by atoms with E-state index in [4.69, 9.17) is 17.3 Å². The summed E-state index contributed by atoms with van der Waals surface area (Å²) in [4.78, 5) is 36.4. The molecule has 0 radical (unpaired) electrons. The van der Waals surface area contributed by atoms with Crippen LogP contribution in [0.25, 0.3) is 6.08 Å². The maximum absolute atomic E-state index is 12.4. The van der Waals surface area contributed by atoms with Crippen LogP contribution >= 0.6 is 24.0 Å². The minimum atomic E-state index is -1.02. The molecule has 1 saturated heterocycles. The van der Waals surface area contributed by atoms with Crippen molar-refractivity contribution in [2.24, 2.45) is 0 Å². The molecule has 0 spiro atoms. The van der Waals surface area contributed by atoms with Crippen LogP contribution in [0.4, 0.5) is 0 Å². The van der Waals surface area contributed by atoms with Crippen LogP contribution in [-0.4, -0.2) is 45.3 Å². The molecule has 1 heterocycles. The first-order valence-electron chi connectivity index (χ1n) is 6.53. The number of carboxylic acid groups (broad SMARTS) is 1. The van der Waals surface area contributed by atoms with Gasteiger partial charge in [0.2, 0.25) is 0 Å². The molecule has 0 bridgehead atoms. The quantitative estimate of drug-likeness (QED) is 0.505. The fourth-order valence-electron chi connectivity index (χ4n) is 1.96. The van der Waals surface area contributed by atoms with E-state index in [0.29, 0.717) is 10.5 Å². The van der Waals surface area contributed by atoms with E-state index in [1.165, 1.54) is 24.1 Å². The minimum Gasteiger partial charge on any atom is -0.478 e. The molecule has 2 rings (SSSR count). The summed E-state index contributed by atoms with van der Waals surface area (Å²) in [5, 5.41) is 8.87. The zero-order valence-electron chi connectivity index (χ0n) is 12.3. The van der Waals surface area contributed by atoms with Crippen molar-refractivity contribution >= 4 is 52.2 Å².